The fraction of sp³-hybridized carbons (Fsp3) is 0.778. The quantitative estimate of drug-likeness (QED) is 0.570. The molecule has 1 fully saturated rings. The lowest BCUT2D eigenvalue weighted by molar-refractivity contribution is -0.155. The Hall–Kier alpha value is -0.600. The van der Waals surface area contributed by atoms with Crippen LogP contribution >= 0.6 is 0 Å². The molecule has 0 bridgehead atoms. The second kappa shape index (κ2) is 3.64. The van der Waals surface area contributed by atoms with Gasteiger partial charge in [-0.25, -0.2) is 0 Å². The molecule has 1 aliphatic rings. The van der Waals surface area contributed by atoms with Crippen LogP contribution in [0.3, 0.4) is 0 Å². The Balaban J connectivity index is 2.70. The second-order valence-corrected chi connectivity index (χ2v) is 3.44. The van der Waals surface area contributed by atoms with Crippen molar-refractivity contribution in [2.75, 3.05) is 6.61 Å². The van der Waals surface area contributed by atoms with Gasteiger partial charge in [0.15, 0.2) is 5.79 Å². The number of hydrogen-bond donors (Lipinski definition) is 2. The molecule has 4 heteroatoms. The van der Waals surface area contributed by atoms with E-state index >= 15 is 0 Å². The van der Waals surface area contributed by atoms with Crippen molar-refractivity contribution >= 4 is 0 Å². The summed E-state index contributed by atoms with van der Waals surface area (Å²) in [6, 6.07) is 0. The summed E-state index contributed by atoms with van der Waals surface area (Å²) in [5, 5.41) is 18.1. The minimum atomic E-state index is -0.997. The molecule has 1 heterocycles. The summed E-state index contributed by atoms with van der Waals surface area (Å²) in [6.45, 7) is 3.03. The van der Waals surface area contributed by atoms with Gasteiger partial charge < -0.3 is 19.7 Å². The standard InChI is InChI=1S/C9H14O4/c1-4-7-8(6(11)5-10)13-9(2,3)12-7/h1,6-8,10-11H,5H2,2-3H3/t6-,7-,8+/m1/s1. The molecule has 1 saturated heterocycles. The Morgan fingerprint density at radius 3 is 2.62 bits per heavy atom. The SMILES string of the molecule is C#C[C@H]1OC(C)(C)O[C@H]1[C@H](O)CO. The van der Waals surface area contributed by atoms with Gasteiger partial charge in [0.25, 0.3) is 0 Å². The first-order valence-corrected chi connectivity index (χ1v) is 4.11. The monoisotopic (exact) mass is 186 g/mol. The van der Waals surface area contributed by atoms with E-state index in [0.29, 0.717) is 0 Å². The lowest BCUT2D eigenvalue weighted by Gasteiger charge is -2.18. The van der Waals surface area contributed by atoms with E-state index in [-0.39, 0.29) is 6.61 Å². The fourth-order valence-corrected chi connectivity index (χ4v) is 1.30. The van der Waals surface area contributed by atoms with Crippen LogP contribution in [0.25, 0.3) is 0 Å². The molecule has 0 saturated carbocycles. The van der Waals surface area contributed by atoms with E-state index in [9.17, 15) is 5.11 Å². The Morgan fingerprint density at radius 1 is 1.54 bits per heavy atom. The summed E-state index contributed by atoms with van der Waals surface area (Å²) >= 11 is 0. The van der Waals surface area contributed by atoms with Crippen LogP contribution in [0, 0.1) is 12.3 Å². The molecule has 2 N–H and O–H groups in total. The summed E-state index contributed by atoms with van der Waals surface area (Å²) in [4.78, 5) is 0. The highest BCUT2D eigenvalue weighted by Crippen LogP contribution is 2.29. The Kier molecular flexibility index (Phi) is 2.94. The maximum absolute atomic E-state index is 9.34. The van der Waals surface area contributed by atoms with Crippen LogP contribution < -0.4 is 0 Å². The van der Waals surface area contributed by atoms with Crippen molar-refractivity contribution in [2.45, 2.75) is 37.9 Å². The largest absolute Gasteiger partial charge is 0.394 e. The minimum absolute atomic E-state index is 0.387. The smallest absolute Gasteiger partial charge is 0.165 e. The van der Waals surface area contributed by atoms with Gasteiger partial charge in [-0.2, -0.15) is 0 Å². The number of terminal acetylenes is 1. The van der Waals surface area contributed by atoms with E-state index in [2.05, 4.69) is 5.92 Å². The minimum Gasteiger partial charge on any atom is -0.394 e. The third kappa shape index (κ3) is 2.20. The lowest BCUT2D eigenvalue weighted by atomic mass is 10.1. The molecule has 0 aromatic heterocycles. The van der Waals surface area contributed by atoms with Crippen molar-refractivity contribution in [3.63, 3.8) is 0 Å². The molecule has 0 amide bonds. The molecule has 0 aromatic carbocycles. The van der Waals surface area contributed by atoms with Gasteiger partial charge in [0.2, 0.25) is 0 Å². The highest BCUT2D eigenvalue weighted by atomic mass is 16.8. The summed E-state index contributed by atoms with van der Waals surface area (Å²) in [5.41, 5.74) is 0. The predicted octanol–water partition coefficient (Wildman–Crippen LogP) is -0.507. The third-order valence-corrected chi connectivity index (χ3v) is 1.86. The van der Waals surface area contributed by atoms with Crippen molar-refractivity contribution in [3.8, 4) is 12.3 Å². The maximum Gasteiger partial charge on any atom is 0.165 e. The number of hydrogen-bond acceptors (Lipinski definition) is 4. The summed E-state index contributed by atoms with van der Waals surface area (Å²) in [6.07, 6.45) is 2.94. The van der Waals surface area contributed by atoms with Crippen LogP contribution in [-0.4, -0.2) is 40.9 Å². The molecule has 0 aromatic rings. The van der Waals surface area contributed by atoms with E-state index < -0.39 is 24.1 Å². The molecule has 0 unspecified atom stereocenters. The molecular formula is C9H14O4. The molecule has 1 rings (SSSR count). The molecule has 4 nitrogen and oxygen atoms in total. The molecule has 74 valence electrons. The highest BCUT2D eigenvalue weighted by Gasteiger charge is 2.43. The van der Waals surface area contributed by atoms with Crippen LogP contribution in [0.4, 0.5) is 0 Å². The zero-order valence-electron chi connectivity index (χ0n) is 7.73. The van der Waals surface area contributed by atoms with Crippen molar-refractivity contribution in [1.82, 2.24) is 0 Å². The van der Waals surface area contributed by atoms with Crippen molar-refractivity contribution < 1.29 is 19.7 Å². The first-order chi connectivity index (χ1) is 6.00. The second-order valence-electron chi connectivity index (χ2n) is 3.44. The van der Waals surface area contributed by atoms with Gasteiger partial charge >= 0.3 is 0 Å². The molecule has 13 heavy (non-hydrogen) atoms. The lowest BCUT2D eigenvalue weighted by Crippen LogP contribution is -2.37. The average Bonchev–Trinajstić information content (AvgIpc) is 2.39. The highest BCUT2D eigenvalue weighted by molar-refractivity contribution is 5.04. The van der Waals surface area contributed by atoms with Gasteiger partial charge in [0, 0.05) is 0 Å². The molecular weight excluding hydrogens is 172 g/mol. The van der Waals surface area contributed by atoms with E-state index in [1.54, 1.807) is 13.8 Å². The topological polar surface area (TPSA) is 58.9 Å². The van der Waals surface area contributed by atoms with Crippen LogP contribution in [0.1, 0.15) is 13.8 Å². The van der Waals surface area contributed by atoms with Gasteiger partial charge in [0.05, 0.1) is 6.61 Å². The number of rotatable bonds is 2. The zero-order chi connectivity index (χ0) is 10.1. The maximum atomic E-state index is 9.34. The van der Waals surface area contributed by atoms with Crippen LogP contribution in [-0.2, 0) is 9.47 Å². The summed E-state index contributed by atoms with van der Waals surface area (Å²) in [7, 11) is 0. The molecule has 0 aliphatic carbocycles. The Bertz CT molecular complexity index is 218. The first-order valence-electron chi connectivity index (χ1n) is 4.11. The van der Waals surface area contributed by atoms with Crippen molar-refractivity contribution in [3.05, 3.63) is 0 Å². The summed E-state index contributed by atoms with van der Waals surface area (Å²) < 4.78 is 10.6. The van der Waals surface area contributed by atoms with E-state index in [0.717, 1.165) is 0 Å². The van der Waals surface area contributed by atoms with Gasteiger partial charge in [-0.15, -0.1) is 6.42 Å². The number of ether oxygens (including phenoxy) is 2. The van der Waals surface area contributed by atoms with Crippen LogP contribution in [0.15, 0.2) is 0 Å². The molecule has 1 aliphatic heterocycles. The number of aliphatic hydroxyl groups excluding tert-OH is 2. The first kappa shape index (κ1) is 10.5. The van der Waals surface area contributed by atoms with E-state index in [4.69, 9.17) is 21.0 Å². The van der Waals surface area contributed by atoms with Gasteiger partial charge in [0.1, 0.15) is 18.3 Å². The van der Waals surface area contributed by atoms with Gasteiger partial charge in [-0.05, 0) is 13.8 Å². The normalized spacial score (nSPS) is 34.1. The van der Waals surface area contributed by atoms with Crippen LogP contribution in [0.2, 0.25) is 0 Å². The zero-order valence-corrected chi connectivity index (χ0v) is 7.73. The van der Waals surface area contributed by atoms with Gasteiger partial charge in [-0.3, -0.25) is 0 Å². The summed E-state index contributed by atoms with van der Waals surface area (Å²) in [5.74, 6) is 1.57. The van der Waals surface area contributed by atoms with E-state index in [1.807, 2.05) is 0 Å². The van der Waals surface area contributed by atoms with E-state index in [1.165, 1.54) is 0 Å². The molecule has 0 radical (unpaired) electrons. The predicted molar refractivity (Wildman–Crippen MR) is 45.8 cm³/mol. The Morgan fingerprint density at radius 2 is 2.15 bits per heavy atom. The van der Waals surface area contributed by atoms with Crippen molar-refractivity contribution in [2.24, 2.45) is 0 Å². The molecule has 0 spiro atoms. The van der Waals surface area contributed by atoms with Gasteiger partial charge in [-0.1, -0.05) is 5.92 Å². The molecule has 3 atom stereocenters. The van der Waals surface area contributed by atoms with Crippen molar-refractivity contribution in [1.29, 1.82) is 0 Å². The average molecular weight is 186 g/mol. The third-order valence-electron chi connectivity index (χ3n) is 1.86. The fourth-order valence-electron chi connectivity index (χ4n) is 1.30. The number of aliphatic hydroxyl groups is 2. The Labute approximate surface area is 77.5 Å². The van der Waals surface area contributed by atoms with Crippen LogP contribution in [0.5, 0.6) is 0 Å².